The minimum atomic E-state index is 0.250. The Morgan fingerprint density at radius 2 is 2.18 bits per heavy atom. The second-order valence-corrected chi connectivity index (χ2v) is 4.41. The van der Waals surface area contributed by atoms with Crippen LogP contribution in [0.15, 0.2) is 12.1 Å². The molecule has 1 aromatic heterocycles. The predicted molar refractivity (Wildman–Crippen MR) is 66.2 cm³/mol. The molecular weight excluding hydrogens is 216 g/mol. The van der Waals surface area contributed by atoms with Crippen LogP contribution in [0.1, 0.15) is 24.1 Å². The van der Waals surface area contributed by atoms with Crippen molar-refractivity contribution in [2.75, 3.05) is 20.3 Å². The van der Waals surface area contributed by atoms with Crippen LogP contribution in [0.3, 0.4) is 0 Å². The first-order valence-electron chi connectivity index (χ1n) is 6.14. The number of aryl methyl sites for hydroxylation is 1. The molecule has 0 aromatic carbocycles. The average molecular weight is 236 g/mol. The van der Waals surface area contributed by atoms with E-state index in [9.17, 15) is 0 Å². The van der Waals surface area contributed by atoms with Gasteiger partial charge in [-0.05, 0) is 25.6 Å². The van der Waals surface area contributed by atoms with Crippen LogP contribution >= 0.6 is 0 Å². The molecule has 0 saturated carbocycles. The van der Waals surface area contributed by atoms with E-state index in [4.69, 9.17) is 9.47 Å². The van der Waals surface area contributed by atoms with Crippen molar-refractivity contribution in [2.24, 2.45) is 0 Å². The SMILES string of the molecule is CNCc1cc(C)nc(OC2CCOCC2)c1. The fourth-order valence-corrected chi connectivity index (χ4v) is 2.04. The van der Waals surface area contributed by atoms with Gasteiger partial charge in [0.1, 0.15) is 6.10 Å². The zero-order valence-corrected chi connectivity index (χ0v) is 10.5. The highest BCUT2D eigenvalue weighted by Crippen LogP contribution is 2.18. The highest BCUT2D eigenvalue weighted by atomic mass is 16.5. The summed E-state index contributed by atoms with van der Waals surface area (Å²) in [5.41, 5.74) is 2.21. The van der Waals surface area contributed by atoms with Crippen molar-refractivity contribution in [3.63, 3.8) is 0 Å². The Labute approximate surface area is 102 Å². The summed E-state index contributed by atoms with van der Waals surface area (Å²) in [4.78, 5) is 4.42. The number of nitrogens with zero attached hydrogens (tertiary/aromatic N) is 1. The van der Waals surface area contributed by atoms with E-state index in [1.165, 1.54) is 5.56 Å². The number of pyridine rings is 1. The van der Waals surface area contributed by atoms with Crippen molar-refractivity contribution in [1.82, 2.24) is 10.3 Å². The third-order valence-corrected chi connectivity index (χ3v) is 2.83. The Balaban J connectivity index is 2.03. The molecule has 1 aliphatic rings. The molecule has 0 amide bonds. The molecule has 0 bridgehead atoms. The number of aromatic nitrogens is 1. The summed E-state index contributed by atoms with van der Waals surface area (Å²) in [5, 5.41) is 3.14. The van der Waals surface area contributed by atoms with Crippen LogP contribution in [0.2, 0.25) is 0 Å². The second-order valence-electron chi connectivity index (χ2n) is 4.41. The highest BCUT2D eigenvalue weighted by Gasteiger charge is 2.16. The van der Waals surface area contributed by atoms with Crippen LogP contribution in [-0.2, 0) is 11.3 Å². The minimum Gasteiger partial charge on any atom is -0.474 e. The molecule has 2 heterocycles. The van der Waals surface area contributed by atoms with E-state index in [1.807, 2.05) is 20.0 Å². The third kappa shape index (κ3) is 3.68. The van der Waals surface area contributed by atoms with Crippen LogP contribution in [0.5, 0.6) is 5.88 Å². The summed E-state index contributed by atoms with van der Waals surface area (Å²) in [6, 6.07) is 4.09. The molecule has 0 spiro atoms. The number of hydrogen-bond acceptors (Lipinski definition) is 4. The lowest BCUT2D eigenvalue weighted by molar-refractivity contribution is 0.0236. The van der Waals surface area contributed by atoms with Gasteiger partial charge in [-0.3, -0.25) is 0 Å². The Bertz CT molecular complexity index is 362. The molecule has 1 fully saturated rings. The fraction of sp³-hybridized carbons (Fsp3) is 0.615. The molecule has 0 radical (unpaired) electrons. The van der Waals surface area contributed by atoms with E-state index in [0.717, 1.165) is 44.2 Å². The maximum atomic E-state index is 5.90. The zero-order chi connectivity index (χ0) is 12.1. The standard InChI is InChI=1S/C13H20N2O2/c1-10-7-11(9-14-2)8-13(15-10)17-12-3-5-16-6-4-12/h7-8,12,14H,3-6,9H2,1-2H3. The molecule has 1 aromatic rings. The monoisotopic (exact) mass is 236 g/mol. The van der Waals surface area contributed by atoms with Crippen LogP contribution in [0.4, 0.5) is 0 Å². The van der Waals surface area contributed by atoms with Gasteiger partial charge in [0.05, 0.1) is 13.2 Å². The summed E-state index contributed by atoms with van der Waals surface area (Å²) in [7, 11) is 1.94. The van der Waals surface area contributed by atoms with Gasteiger partial charge in [0.25, 0.3) is 0 Å². The van der Waals surface area contributed by atoms with Crippen molar-refractivity contribution in [3.05, 3.63) is 23.4 Å². The van der Waals surface area contributed by atoms with Crippen molar-refractivity contribution >= 4 is 0 Å². The maximum absolute atomic E-state index is 5.90. The van der Waals surface area contributed by atoms with Gasteiger partial charge in [-0.25, -0.2) is 4.98 Å². The van der Waals surface area contributed by atoms with Gasteiger partial charge in [0.15, 0.2) is 0 Å². The Hall–Kier alpha value is -1.13. The van der Waals surface area contributed by atoms with Crippen molar-refractivity contribution < 1.29 is 9.47 Å². The molecule has 2 rings (SSSR count). The van der Waals surface area contributed by atoms with E-state index in [0.29, 0.717) is 0 Å². The van der Waals surface area contributed by atoms with Gasteiger partial charge in [-0.2, -0.15) is 0 Å². The Morgan fingerprint density at radius 3 is 2.88 bits per heavy atom. The Morgan fingerprint density at radius 1 is 1.41 bits per heavy atom. The van der Waals surface area contributed by atoms with Crippen LogP contribution in [0.25, 0.3) is 0 Å². The predicted octanol–water partition coefficient (Wildman–Crippen LogP) is 1.67. The van der Waals surface area contributed by atoms with Crippen LogP contribution in [0, 0.1) is 6.92 Å². The fourth-order valence-electron chi connectivity index (χ4n) is 2.04. The van der Waals surface area contributed by atoms with Crippen LogP contribution < -0.4 is 10.1 Å². The van der Waals surface area contributed by atoms with Crippen molar-refractivity contribution in [1.29, 1.82) is 0 Å². The maximum Gasteiger partial charge on any atom is 0.214 e. The highest BCUT2D eigenvalue weighted by molar-refractivity contribution is 5.24. The molecule has 17 heavy (non-hydrogen) atoms. The number of hydrogen-bond donors (Lipinski definition) is 1. The number of nitrogens with one attached hydrogen (secondary N) is 1. The molecule has 4 heteroatoms. The average Bonchev–Trinajstić information content (AvgIpc) is 2.30. The normalized spacial score (nSPS) is 17.1. The molecular formula is C13H20N2O2. The van der Waals surface area contributed by atoms with Gasteiger partial charge in [0.2, 0.25) is 5.88 Å². The molecule has 1 saturated heterocycles. The summed E-state index contributed by atoms with van der Waals surface area (Å²) in [6.45, 7) is 4.42. The third-order valence-electron chi connectivity index (χ3n) is 2.83. The van der Waals surface area contributed by atoms with Crippen molar-refractivity contribution in [3.8, 4) is 5.88 Å². The van der Waals surface area contributed by atoms with E-state index < -0.39 is 0 Å². The van der Waals surface area contributed by atoms with Crippen molar-refractivity contribution in [2.45, 2.75) is 32.4 Å². The molecule has 94 valence electrons. The van der Waals surface area contributed by atoms with Gasteiger partial charge < -0.3 is 14.8 Å². The van der Waals surface area contributed by atoms with Gasteiger partial charge in [-0.1, -0.05) is 0 Å². The first-order valence-corrected chi connectivity index (χ1v) is 6.14. The summed E-state index contributed by atoms with van der Waals surface area (Å²) in [5.74, 6) is 0.738. The zero-order valence-electron chi connectivity index (χ0n) is 10.5. The van der Waals surface area contributed by atoms with E-state index in [-0.39, 0.29) is 6.10 Å². The topological polar surface area (TPSA) is 43.4 Å². The first-order chi connectivity index (χ1) is 8.28. The van der Waals surface area contributed by atoms with Gasteiger partial charge in [-0.15, -0.1) is 0 Å². The van der Waals surface area contributed by atoms with E-state index in [2.05, 4.69) is 16.4 Å². The molecule has 4 nitrogen and oxygen atoms in total. The number of rotatable bonds is 4. The quantitative estimate of drug-likeness (QED) is 0.863. The second kappa shape index (κ2) is 5.98. The smallest absolute Gasteiger partial charge is 0.214 e. The van der Waals surface area contributed by atoms with E-state index in [1.54, 1.807) is 0 Å². The molecule has 0 atom stereocenters. The lowest BCUT2D eigenvalue weighted by atomic mass is 10.1. The largest absolute Gasteiger partial charge is 0.474 e. The summed E-state index contributed by atoms with van der Waals surface area (Å²) in [6.07, 6.45) is 2.16. The molecule has 1 aliphatic heterocycles. The van der Waals surface area contributed by atoms with Crippen LogP contribution in [-0.4, -0.2) is 31.3 Å². The Kier molecular flexibility index (Phi) is 4.34. The molecule has 0 unspecified atom stereocenters. The van der Waals surface area contributed by atoms with Gasteiger partial charge in [0, 0.05) is 31.1 Å². The minimum absolute atomic E-state index is 0.250. The molecule has 1 N–H and O–H groups in total. The lowest BCUT2D eigenvalue weighted by Crippen LogP contribution is -2.26. The first kappa shape index (κ1) is 12.3. The summed E-state index contributed by atoms with van der Waals surface area (Å²) < 4.78 is 11.2. The summed E-state index contributed by atoms with van der Waals surface area (Å²) >= 11 is 0. The van der Waals surface area contributed by atoms with Gasteiger partial charge >= 0.3 is 0 Å². The lowest BCUT2D eigenvalue weighted by Gasteiger charge is -2.23. The van der Waals surface area contributed by atoms with E-state index >= 15 is 0 Å². The number of ether oxygens (including phenoxy) is 2. The molecule has 0 aliphatic carbocycles.